The van der Waals surface area contributed by atoms with Crippen LogP contribution in [-0.4, -0.2) is 39.6 Å². The lowest BCUT2D eigenvalue weighted by Gasteiger charge is -2.60. The average Bonchev–Trinajstić information content (AvgIpc) is 3.15. The Labute approximate surface area is 136 Å². The minimum atomic E-state index is -0.741. The lowest BCUT2D eigenvalue weighted by molar-refractivity contribution is -0.183. The van der Waals surface area contributed by atoms with Crippen LogP contribution in [0.2, 0.25) is 0 Å². The smallest absolute Gasteiger partial charge is 0.241 e. The van der Waals surface area contributed by atoms with E-state index in [4.69, 9.17) is 5.73 Å². The van der Waals surface area contributed by atoms with Crippen LogP contribution in [0.3, 0.4) is 0 Å². The Balaban J connectivity index is 1.41. The second-order valence-corrected chi connectivity index (χ2v) is 8.95. The van der Waals surface area contributed by atoms with E-state index in [1.165, 1.54) is 6.42 Å². The van der Waals surface area contributed by atoms with Gasteiger partial charge in [-0.25, -0.2) is 0 Å². The van der Waals surface area contributed by atoms with E-state index in [9.17, 15) is 15.2 Å². The van der Waals surface area contributed by atoms with Gasteiger partial charge in [-0.05, 0) is 68.6 Å². The van der Waals surface area contributed by atoms with Crippen molar-refractivity contribution < 1.29 is 9.90 Å². The van der Waals surface area contributed by atoms with E-state index in [2.05, 4.69) is 6.07 Å². The molecule has 3 N–H and O–H groups in total. The number of likely N-dealkylation sites (tertiary alicyclic amines) is 1. The summed E-state index contributed by atoms with van der Waals surface area (Å²) >= 11 is 0. The summed E-state index contributed by atoms with van der Waals surface area (Å²) in [5.41, 5.74) is 5.70. The predicted octanol–water partition coefficient (Wildman–Crippen LogP) is 1.01. The number of nitriles is 1. The summed E-state index contributed by atoms with van der Waals surface area (Å²) in [4.78, 5) is 14.8. The molecule has 1 saturated heterocycles. The first-order chi connectivity index (χ1) is 11.0. The van der Waals surface area contributed by atoms with E-state index in [1.807, 2.05) is 0 Å². The second kappa shape index (κ2) is 4.49. The van der Waals surface area contributed by atoms with Gasteiger partial charge in [-0.3, -0.25) is 4.79 Å². The van der Waals surface area contributed by atoms with E-state index in [0.717, 1.165) is 38.5 Å². The molecule has 23 heavy (non-hydrogen) atoms. The first-order valence-corrected chi connectivity index (χ1v) is 9.20. The van der Waals surface area contributed by atoms with Crippen LogP contribution in [-0.2, 0) is 4.79 Å². The second-order valence-electron chi connectivity index (χ2n) is 8.95. The van der Waals surface area contributed by atoms with E-state index in [0.29, 0.717) is 23.7 Å². The number of carbonyl (C=O) groups excluding carboxylic acids is 1. The van der Waals surface area contributed by atoms with Gasteiger partial charge in [-0.15, -0.1) is 0 Å². The van der Waals surface area contributed by atoms with Gasteiger partial charge in [0, 0.05) is 12.0 Å². The number of fused-ring (bicyclic) bond motifs is 1. The summed E-state index contributed by atoms with van der Waals surface area (Å²) in [6.07, 6.45) is 6.97. The molecule has 0 aromatic rings. The lowest BCUT2D eigenvalue weighted by atomic mass is 9.48. The summed E-state index contributed by atoms with van der Waals surface area (Å²) in [5, 5.41) is 20.5. The number of rotatable bonds is 2. The fraction of sp³-hybridized carbons (Fsp3) is 0.889. The number of amides is 1. The third kappa shape index (κ3) is 1.88. The van der Waals surface area contributed by atoms with Gasteiger partial charge in [0.1, 0.15) is 6.04 Å². The van der Waals surface area contributed by atoms with Gasteiger partial charge in [-0.1, -0.05) is 0 Å². The number of nitrogens with zero attached hydrogens (tertiary/aromatic N) is 2. The number of carbonyl (C=O) groups is 1. The predicted molar refractivity (Wildman–Crippen MR) is 82.7 cm³/mol. The van der Waals surface area contributed by atoms with Gasteiger partial charge in [0.25, 0.3) is 0 Å². The third-order valence-corrected chi connectivity index (χ3v) is 7.53. The molecule has 5 nitrogen and oxygen atoms in total. The van der Waals surface area contributed by atoms with E-state index in [1.54, 1.807) is 4.90 Å². The SMILES string of the molecule is N#C[C@@H]1C[C@@H]2C[C@@H]2N1C(=O)[C@@H](N)C1C2CC3CC(C2)CC1(O)C3. The number of piperidine rings is 1. The van der Waals surface area contributed by atoms with Crippen LogP contribution in [0.5, 0.6) is 0 Å². The van der Waals surface area contributed by atoms with Crippen molar-refractivity contribution in [3.63, 3.8) is 0 Å². The highest BCUT2D eigenvalue weighted by molar-refractivity contribution is 5.84. The largest absolute Gasteiger partial charge is 0.389 e. The molecule has 4 bridgehead atoms. The zero-order chi connectivity index (χ0) is 15.9. The van der Waals surface area contributed by atoms with Crippen LogP contribution >= 0.6 is 0 Å². The Morgan fingerprint density at radius 3 is 2.48 bits per heavy atom. The molecule has 0 aromatic carbocycles. The van der Waals surface area contributed by atoms with Crippen LogP contribution in [0.25, 0.3) is 0 Å². The zero-order valence-electron chi connectivity index (χ0n) is 13.4. The normalized spacial score (nSPS) is 53.8. The van der Waals surface area contributed by atoms with E-state index >= 15 is 0 Å². The van der Waals surface area contributed by atoms with Gasteiger partial charge in [0.2, 0.25) is 5.91 Å². The Morgan fingerprint density at radius 1 is 1.17 bits per heavy atom. The summed E-state index contributed by atoms with van der Waals surface area (Å²) in [6, 6.07) is 1.57. The molecule has 1 aliphatic heterocycles. The fourth-order valence-corrected chi connectivity index (χ4v) is 6.88. The Kier molecular flexibility index (Phi) is 2.78. The molecule has 0 radical (unpaired) electrons. The maximum Gasteiger partial charge on any atom is 0.241 e. The summed E-state index contributed by atoms with van der Waals surface area (Å²) < 4.78 is 0. The van der Waals surface area contributed by atoms with E-state index < -0.39 is 11.6 Å². The van der Waals surface area contributed by atoms with Crippen molar-refractivity contribution in [1.82, 2.24) is 4.90 Å². The van der Waals surface area contributed by atoms with Crippen molar-refractivity contribution in [2.24, 2.45) is 35.3 Å². The molecule has 0 spiro atoms. The van der Waals surface area contributed by atoms with E-state index in [-0.39, 0.29) is 23.9 Å². The molecule has 6 aliphatic rings. The van der Waals surface area contributed by atoms with Crippen molar-refractivity contribution in [3.05, 3.63) is 0 Å². The number of hydrogen-bond acceptors (Lipinski definition) is 4. The zero-order valence-corrected chi connectivity index (χ0v) is 13.4. The maximum atomic E-state index is 13.1. The van der Waals surface area contributed by atoms with Crippen molar-refractivity contribution >= 4 is 5.91 Å². The van der Waals surface area contributed by atoms with Crippen molar-refractivity contribution in [2.45, 2.75) is 68.7 Å². The standard InChI is InChI=1S/C18H25N3O2/c19-8-13-4-11-5-14(11)21(13)17(22)16(20)15-12-2-9-1-10(3-12)7-18(15,23)6-9/h9-16,23H,1-7,20H2/t9?,10?,11-,12?,13+,14+,15?,16+,18?/m1/s1. The summed E-state index contributed by atoms with van der Waals surface area (Å²) in [6.45, 7) is 0. The monoisotopic (exact) mass is 315 g/mol. The van der Waals surface area contributed by atoms with Gasteiger partial charge in [0.15, 0.2) is 0 Å². The van der Waals surface area contributed by atoms with Crippen LogP contribution in [0.1, 0.15) is 44.9 Å². The average molecular weight is 315 g/mol. The molecule has 0 aromatic heterocycles. The van der Waals surface area contributed by atoms with Gasteiger partial charge in [-0.2, -0.15) is 5.26 Å². The number of nitrogens with two attached hydrogens (primary N) is 1. The van der Waals surface area contributed by atoms with Gasteiger partial charge in [0.05, 0.1) is 17.7 Å². The number of aliphatic hydroxyl groups is 1. The highest BCUT2D eigenvalue weighted by Gasteiger charge is 2.61. The summed E-state index contributed by atoms with van der Waals surface area (Å²) in [5.74, 6) is 1.97. The number of hydrogen-bond donors (Lipinski definition) is 2. The third-order valence-electron chi connectivity index (χ3n) is 7.53. The maximum absolute atomic E-state index is 13.1. The molecule has 6 fully saturated rings. The molecule has 3 unspecified atom stereocenters. The van der Waals surface area contributed by atoms with Crippen LogP contribution in [0.4, 0.5) is 0 Å². The fourth-order valence-electron chi connectivity index (χ4n) is 6.88. The van der Waals surface area contributed by atoms with Crippen molar-refractivity contribution in [3.8, 4) is 6.07 Å². The van der Waals surface area contributed by atoms with Crippen molar-refractivity contribution in [1.29, 1.82) is 5.26 Å². The van der Waals surface area contributed by atoms with Crippen LogP contribution < -0.4 is 5.73 Å². The topological polar surface area (TPSA) is 90.4 Å². The lowest BCUT2D eigenvalue weighted by Crippen LogP contribution is -2.65. The molecule has 124 valence electrons. The molecule has 1 amide bonds. The minimum absolute atomic E-state index is 0.0764. The van der Waals surface area contributed by atoms with Gasteiger partial charge >= 0.3 is 0 Å². The van der Waals surface area contributed by atoms with Gasteiger partial charge < -0.3 is 15.7 Å². The molecule has 5 heteroatoms. The molecule has 5 aliphatic carbocycles. The molecule has 7 atom stereocenters. The molecular formula is C18H25N3O2. The molecule has 1 heterocycles. The highest BCUT2D eigenvalue weighted by Crippen LogP contribution is 2.59. The molecular weight excluding hydrogens is 290 g/mol. The summed E-state index contributed by atoms with van der Waals surface area (Å²) in [7, 11) is 0. The Bertz CT molecular complexity index is 586. The van der Waals surface area contributed by atoms with Crippen LogP contribution in [0.15, 0.2) is 0 Å². The van der Waals surface area contributed by atoms with Crippen molar-refractivity contribution in [2.75, 3.05) is 0 Å². The molecule has 5 saturated carbocycles. The Hall–Kier alpha value is -1.12. The molecule has 6 rings (SSSR count). The quantitative estimate of drug-likeness (QED) is 0.796. The highest BCUT2D eigenvalue weighted by atomic mass is 16.3. The van der Waals surface area contributed by atoms with Crippen LogP contribution in [0, 0.1) is 40.9 Å². The Morgan fingerprint density at radius 2 is 1.87 bits per heavy atom. The first-order valence-electron chi connectivity index (χ1n) is 9.20. The first kappa shape index (κ1) is 14.2. The minimum Gasteiger partial charge on any atom is -0.389 e.